The number of rotatable bonds is 7. The number of amides is 2. The van der Waals surface area contributed by atoms with Gasteiger partial charge in [0.2, 0.25) is 0 Å². The van der Waals surface area contributed by atoms with Crippen LogP contribution in [0.1, 0.15) is 33.3 Å². The predicted molar refractivity (Wildman–Crippen MR) is 117 cm³/mol. The van der Waals surface area contributed by atoms with E-state index < -0.39 is 0 Å². The third-order valence-electron chi connectivity index (χ3n) is 4.24. The van der Waals surface area contributed by atoms with Gasteiger partial charge in [-0.1, -0.05) is 26.0 Å². The van der Waals surface area contributed by atoms with Crippen molar-refractivity contribution in [2.45, 2.75) is 39.0 Å². The normalized spacial score (nSPS) is 14.4. The maximum absolute atomic E-state index is 13.3. The van der Waals surface area contributed by atoms with E-state index in [-0.39, 0.29) is 23.2 Å². The average Bonchev–Trinajstić information content (AvgIpc) is 2.91. The molecule has 0 fully saturated rings. The summed E-state index contributed by atoms with van der Waals surface area (Å²) < 4.78 is 10.9. The van der Waals surface area contributed by atoms with Crippen LogP contribution in [0.4, 0.5) is 5.69 Å². The van der Waals surface area contributed by atoms with Gasteiger partial charge in [0.25, 0.3) is 11.8 Å². The van der Waals surface area contributed by atoms with Crippen LogP contribution in [-0.2, 0) is 9.59 Å². The number of hydrogen-bond donors (Lipinski definition) is 0. The van der Waals surface area contributed by atoms with E-state index in [1.807, 2.05) is 52.0 Å². The fourth-order valence-corrected chi connectivity index (χ4v) is 4.03. The van der Waals surface area contributed by atoms with Crippen LogP contribution >= 0.6 is 11.8 Å². The number of ether oxygens (including phenoxy) is 2. The van der Waals surface area contributed by atoms with E-state index in [1.165, 1.54) is 16.7 Å². The zero-order valence-electron chi connectivity index (χ0n) is 17.3. The summed E-state index contributed by atoms with van der Waals surface area (Å²) in [5, 5.41) is 0.163. The van der Waals surface area contributed by atoms with Crippen LogP contribution in [0.3, 0.4) is 0 Å². The number of anilines is 1. The second kappa shape index (κ2) is 8.74. The Bertz CT molecular complexity index is 930. The molecule has 3 rings (SSSR count). The molecule has 2 aromatic carbocycles. The third-order valence-corrected chi connectivity index (χ3v) is 5.33. The van der Waals surface area contributed by atoms with Crippen molar-refractivity contribution in [1.29, 1.82) is 0 Å². The monoisotopic (exact) mass is 411 g/mol. The molecule has 1 heterocycles. The lowest BCUT2D eigenvalue weighted by molar-refractivity contribution is -0.119. The Balaban J connectivity index is 2.00. The number of benzene rings is 2. The molecule has 1 aliphatic heterocycles. The van der Waals surface area contributed by atoms with E-state index in [9.17, 15) is 9.59 Å². The van der Waals surface area contributed by atoms with Crippen LogP contribution in [-0.4, -0.2) is 30.3 Å². The summed E-state index contributed by atoms with van der Waals surface area (Å²) in [6.45, 7) is 7.92. The molecule has 0 unspecified atom stereocenters. The highest BCUT2D eigenvalue weighted by molar-refractivity contribution is 8.04. The highest BCUT2D eigenvalue weighted by Crippen LogP contribution is 2.40. The number of imide groups is 1. The summed E-state index contributed by atoms with van der Waals surface area (Å²) in [6.07, 6.45) is 0.0624. The second-order valence-electron chi connectivity index (χ2n) is 7.21. The summed E-state index contributed by atoms with van der Waals surface area (Å²) in [4.78, 5) is 28.2. The first-order chi connectivity index (χ1) is 13.8. The zero-order valence-corrected chi connectivity index (χ0v) is 18.1. The molecule has 0 aliphatic carbocycles. The molecule has 0 saturated heterocycles. The molecule has 0 radical (unpaired) electrons. The molecule has 2 aromatic rings. The van der Waals surface area contributed by atoms with E-state index in [4.69, 9.17) is 9.47 Å². The Morgan fingerprint density at radius 1 is 0.828 bits per heavy atom. The van der Waals surface area contributed by atoms with Crippen molar-refractivity contribution in [1.82, 2.24) is 0 Å². The smallest absolute Gasteiger partial charge is 0.272 e. The lowest BCUT2D eigenvalue weighted by Gasteiger charge is -2.16. The molecule has 2 amide bonds. The highest BCUT2D eigenvalue weighted by atomic mass is 32.2. The Morgan fingerprint density at radius 2 is 1.41 bits per heavy atom. The van der Waals surface area contributed by atoms with Crippen molar-refractivity contribution in [3.8, 4) is 11.5 Å². The number of carbonyl (C=O) groups is 2. The maximum atomic E-state index is 13.3. The van der Waals surface area contributed by atoms with Crippen LogP contribution in [0, 0.1) is 0 Å². The van der Waals surface area contributed by atoms with E-state index >= 15 is 0 Å². The number of thioether (sulfide) groups is 1. The number of hydrogen-bond acceptors (Lipinski definition) is 5. The fraction of sp³-hybridized carbons (Fsp3) is 0.304. The standard InChI is InChI=1S/C23H25NO4S/c1-14(2)28-19-10-6-16(7-11-19)20-21(29-15(3)4)23(26)24(22(20)25)17-8-12-18(27-5)13-9-17/h6-15H,1-5H3. The molecule has 0 saturated carbocycles. The Hall–Kier alpha value is -2.73. The van der Waals surface area contributed by atoms with Gasteiger partial charge in [-0.2, -0.15) is 0 Å². The first-order valence-corrected chi connectivity index (χ1v) is 10.4. The first-order valence-electron chi connectivity index (χ1n) is 9.52. The third kappa shape index (κ3) is 4.48. The van der Waals surface area contributed by atoms with Gasteiger partial charge >= 0.3 is 0 Å². The van der Waals surface area contributed by atoms with Crippen molar-refractivity contribution >= 4 is 34.8 Å². The minimum Gasteiger partial charge on any atom is -0.497 e. The van der Waals surface area contributed by atoms with E-state index in [0.29, 0.717) is 27.5 Å². The van der Waals surface area contributed by atoms with Gasteiger partial charge in [-0.15, -0.1) is 11.8 Å². The zero-order chi connectivity index (χ0) is 21.1. The first kappa shape index (κ1) is 21.0. The quantitative estimate of drug-likeness (QED) is 0.606. The van der Waals surface area contributed by atoms with Gasteiger partial charge in [0.15, 0.2) is 0 Å². The summed E-state index contributed by atoms with van der Waals surface area (Å²) >= 11 is 1.41. The van der Waals surface area contributed by atoms with E-state index in [2.05, 4.69) is 0 Å². The Labute approximate surface area is 175 Å². The molecule has 0 N–H and O–H groups in total. The Kier molecular flexibility index (Phi) is 6.33. The highest BCUT2D eigenvalue weighted by Gasteiger charge is 2.40. The average molecular weight is 412 g/mol. The van der Waals surface area contributed by atoms with Crippen LogP contribution in [0.15, 0.2) is 53.4 Å². The van der Waals surface area contributed by atoms with Gasteiger partial charge in [-0.3, -0.25) is 9.59 Å². The van der Waals surface area contributed by atoms with Crippen molar-refractivity contribution < 1.29 is 19.1 Å². The van der Waals surface area contributed by atoms with E-state index in [1.54, 1.807) is 31.4 Å². The lowest BCUT2D eigenvalue weighted by atomic mass is 10.1. The molecule has 0 spiro atoms. The SMILES string of the molecule is COc1ccc(N2C(=O)C(SC(C)C)=C(c3ccc(OC(C)C)cc3)C2=O)cc1. The molecule has 1 aliphatic rings. The van der Waals surface area contributed by atoms with Crippen molar-refractivity contribution in [3.63, 3.8) is 0 Å². The molecule has 0 aromatic heterocycles. The number of methoxy groups -OCH3 is 1. The maximum Gasteiger partial charge on any atom is 0.272 e. The predicted octanol–water partition coefficient (Wildman–Crippen LogP) is 4.91. The molecule has 29 heavy (non-hydrogen) atoms. The van der Waals surface area contributed by atoms with Gasteiger partial charge in [-0.25, -0.2) is 4.90 Å². The lowest BCUT2D eigenvalue weighted by Crippen LogP contribution is -2.31. The van der Waals surface area contributed by atoms with Crippen LogP contribution in [0.5, 0.6) is 11.5 Å². The minimum absolute atomic E-state index is 0.0624. The topological polar surface area (TPSA) is 55.8 Å². The summed E-state index contributed by atoms with van der Waals surface area (Å²) in [5.74, 6) is 0.780. The fourth-order valence-electron chi connectivity index (χ4n) is 3.05. The summed E-state index contributed by atoms with van der Waals surface area (Å²) in [7, 11) is 1.57. The van der Waals surface area contributed by atoms with Crippen molar-refractivity contribution in [2.75, 3.05) is 12.0 Å². The molecular weight excluding hydrogens is 386 g/mol. The molecule has 152 valence electrons. The molecule has 5 nitrogen and oxygen atoms in total. The minimum atomic E-state index is -0.319. The van der Waals surface area contributed by atoms with E-state index in [0.717, 1.165) is 5.75 Å². The van der Waals surface area contributed by atoms with Gasteiger partial charge < -0.3 is 9.47 Å². The number of nitrogens with zero attached hydrogens (tertiary/aromatic N) is 1. The van der Waals surface area contributed by atoms with Crippen molar-refractivity contribution in [3.05, 3.63) is 59.0 Å². The van der Waals surface area contributed by atoms with Crippen LogP contribution in [0.25, 0.3) is 5.57 Å². The van der Waals surface area contributed by atoms with Crippen LogP contribution < -0.4 is 14.4 Å². The molecule has 0 atom stereocenters. The van der Waals surface area contributed by atoms with Crippen LogP contribution in [0.2, 0.25) is 0 Å². The van der Waals surface area contributed by atoms with Crippen molar-refractivity contribution in [2.24, 2.45) is 0 Å². The largest absolute Gasteiger partial charge is 0.497 e. The van der Waals surface area contributed by atoms with Gasteiger partial charge in [0, 0.05) is 5.25 Å². The van der Waals surface area contributed by atoms with Gasteiger partial charge in [0.1, 0.15) is 11.5 Å². The second-order valence-corrected chi connectivity index (χ2v) is 8.79. The Morgan fingerprint density at radius 3 is 1.93 bits per heavy atom. The molecule has 0 bridgehead atoms. The van der Waals surface area contributed by atoms with Gasteiger partial charge in [0.05, 0.1) is 29.4 Å². The molecule has 6 heteroatoms. The summed E-state index contributed by atoms with van der Waals surface area (Å²) in [6, 6.07) is 14.2. The molecular formula is C23H25NO4S. The number of carbonyl (C=O) groups excluding carboxylic acids is 2. The summed E-state index contributed by atoms with van der Waals surface area (Å²) in [5.41, 5.74) is 1.66. The van der Waals surface area contributed by atoms with Gasteiger partial charge in [-0.05, 0) is 55.8 Å².